The van der Waals surface area contributed by atoms with Gasteiger partial charge >= 0.3 is 6.36 Å². The van der Waals surface area contributed by atoms with Gasteiger partial charge in [-0.3, -0.25) is 9.69 Å². The number of ether oxygens (including phenoxy) is 1. The molecule has 1 aromatic heterocycles. The molecule has 29 heavy (non-hydrogen) atoms. The van der Waals surface area contributed by atoms with E-state index in [0.717, 1.165) is 23.5 Å². The van der Waals surface area contributed by atoms with Gasteiger partial charge in [-0.05, 0) is 37.9 Å². The molecule has 0 atom stereocenters. The number of hydrogen-bond acceptors (Lipinski definition) is 7. The van der Waals surface area contributed by atoms with Gasteiger partial charge in [0.15, 0.2) is 0 Å². The number of carbonyl (C=O) groups is 1. The molecule has 0 radical (unpaired) electrons. The molecular weight excluding hydrogens is 414 g/mol. The third kappa shape index (κ3) is 6.53. The highest BCUT2D eigenvalue weighted by molar-refractivity contribution is 7.18. The van der Waals surface area contributed by atoms with Crippen LogP contribution in [0, 0.1) is 11.7 Å². The number of hydrogen-bond donors (Lipinski definition) is 2. The average Bonchev–Trinajstić information content (AvgIpc) is 3.02. The lowest BCUT2D eigenvalue weighted by molar-refractivity contribution is -0.275. The van der Waals surface area contributed by atoms with Crippen molar-refractivity contribution in [3.8, 4) is 5.75 Å². The highest BCUT2D eigenvalue weighted by Gasteiger charge is 2.32. The van der Waals surface area contributed by atoms with Crippen LogP contribution in [0.3, 0.4) is 0 Å². The van der Waals surface area contributed by atoms with Crippen LogP contribution in [0.2, 0.25) is 0 Å². The Morgan fingerprint density at radius 2 is 2.03 bits per heavy atom. The molecule has 0 bridgehead atoms. The Morgan fingerprint density at radius 3 is 2.66 bits per heavy atom. The topological polar surface area (TPSA) is 93.4 Å². The number of nitrogen functional groups attached to an aromatic ring is 1. The summed E-state index contributed by atoms with van der Waals surface area (Å²) in [6.07, 6.45) is -3.16. The van der Waals surface area contributed by atoms with E-state index in [1.54, 1.807) is 0 Å². The van der Waals surface area contributed by atoms with Crippen molar-refractivity contribution in [3.05, 3.63) is 29.6 Å². The number of piperidine rings is 1. The van der Waals surface area contributed by atoms with Gasteiger partial charge in [0.1, 0.15) is 11.6 Å². The summed E-state index contributed by atoms with van der Waals surface area (Å²) in [5, 5.41) is 10.6. The predicted molar refractivity (Wildman–Crippen MR) is 98.7 cm³/mol. The third-order valence-electron chi connectivity index (χ3n) is 4.52. The summed E-state index contributed by atoms with van der Waals surface area (Å²) < 4.78 is 54.9. The van der Waals surface area contributed by atoms with E-state index in [1.165, 1.54) is 6.07 Å². The quantitative estimate of drug-likeness (QED) is 0.679. The highest BCUT2D eigenvalue weighted by atomic mass is 32.1. The van der Waals surface area contributed by atoms with Gasteiger partial charge in [0.05, 0.1) is 0 Å². The first kappa shape index (κ1) is 21.2. The Balaban J connectivity index is 1.50. The summed E-state index contributed by atoms with van der Waals surface area (Å²) >= 11 is 1.08. The van der Waals surface area contributed by atoms with Crippen molar-refractivity contribution in [3.63, 3.8) is 0 Å². The van der Waals surface area contributed by atoms with Crippen LogP contribution in [-0.4, -0.2) is 40.5 Å². The molecule has 1 amide bonds. The van der Waals surface area contributed by atoms with E-state index >= 15 is 0 Å². The Labute approximate surface area is 167 Å². The van der Waals surface area contributed by atoms with E-state index in [0.29, 0.717) is 37.5 Å². The molecule has 2 heterocycles. The minimum absolute atomic E-state index is 0.149. The van der Waals surface area contributed by atoms with E-state index in [4.69, 9.17) is 5.73 Å². The summed E-state index contributed by atoms with van der Waals surface area (Å²) in [4.78, 5) is 14.0. The molecule has 0 spiro atoms. The Kier molecular flexibility index (Phi) is 6.52. The second kappa shape index (κ2) is 8.91. The molecule has 1 fully saturated rings. The fraction of sp³-hybridized carbons (Fsp3) is 0.471. The number of halogens is 4. The largest absolute Gasteiger partial charge is 0.573 e. The number of likely N-dealkylation sites (tertiary alicyclic amines) is 1. The summed E-state index contributed by atoms with van der Waals surface area (Å²) in [5.74, 6) is -1.36. The van der Waals surface area contributed by atoms with Crippen LogP contribution in [0.4, 0.5) is 27.8 Å². The minimum atomic E-state index is -4.89. The molecule has 12 heteroatoms. The number of aromatic nitrogens is 2. The molecule has 7 nitrogen and oxygen atoms in total. The van der Waals surface area contributed by atoms with Crippen LogP contribution in [0.1, 0.15) is 24.8 Å². The summed E-state index contributed by atoms with van der Waals surface area (Å²) in [6.45, 7) is 1.41. The number of nitrogens with two attached hydrogens (primary N) is 1. The van der Waals surface area contributed by atoms with Crippen LogP contribution in [0.25, 0.3) is 0 Å². The van der Waals surface area contributed by atoms with Crippen LogP contribution in [0.5, 0.6) is 5.75 Å². The molecule has 3 N–H and O–H groups in total. The molecule has 1 aliphatic rings. The number of benzene rings is 1. The summed E-state index contributed by atoms with van der Waals surface area (Å²) in [5.41, 5.74) is 5.72. The van der Waals surface area contributed by atoms with Gasteiger partial charge in [-0.1, -0.05) is 17.4 Å². The lowest BCUT2D eigenvalue weighted by Crippen LogP contribution is -2.34. The van der Waals surface area contributed by atoms with Gasteiger partial charge in [-0.25, -0.2) is 4.39 Å². The molecular formula is C17H19F4N5O2S. The van der Waals surface area contributed by atoms with Gasteiger partial charge in [-0.15, -0.1) is 23.4 Å². The van der Waals surface area contributed by atoms with E-state index in [1.807, 2.05) is 4.90 Å². The van der Waals surface area contributed by atoms with Gasteiger partial charge in [0, 0.05) is 24.6 Å². The molecule has 0 unspecified atom stereocenters. The first-order valence-electron chi connectivity index (χ1n) is 8.83. The zero-order chi connectivity index (χ0) is 21.0. The molecule has 1 aliphatic heterocycles. The smallest absolute Gasteiger partial charge is 0.405 e. The average molecular weight is 433 g/mol. The lowest BCUT2D eigenvalue weighted by Gasteiger charge is -2.32. The van der Waals surface area contributed by atoms with Gasteiger partial charge in [0.2, 0.25) is 16.2 Å². The molecule has 1 saturated heterocycles. The predicted octanol–water partition coefficient (Wildman–Crippen LogP) is 3.40. The molecule has 3 rings (SSSR count). The maximum absolute atomic E-state index is 13.3. The van der Waals surface area contributed by atoms with Crippen LogP contribution >= 0.6 is 11.3 Å². The second-order valence-corrected chi connectivity index (χ2v) is 7.73. The van der Waals surface area contributed by atoms with Crippen LogP contribution in [-0.2, 0) is 11.3 Å². The van der Waals surface area contributed by atoms with Gasteiger partial charge < -0.3 is 15.8 Å². The number of alkyl halides is 3. The van der Waals surface area contributed by atoms with Crippen molar-refractivity contribution in [1.29, 1.82) is 0 Å². The van der Waals surface area contributed by atoms with E-state index < -0.39 is 17.9 Å². The highest BCUT2D eigenvalue weighted by Crippen LogP contribution is 2.30. The number of rotatable bonds is 6. The number of carbonyl (C=O) groups excluding carboxylic acids is 1. The first-order chi connectivity index (χ1) is 13.7. The monoisotopic (exact) mass is 433 g/mol. The Morgan fingerprint density at radius 1 is 1.31 bits per heavy atom. The van der Waals surface area contributed by atoms with Crippen molar-refractivity contribution < 1.29 is 27.1 Å². The number of amides is 1. The molecule has 0 saturated carbocycles. The lowest BCUT2D eigenvalue weighted by atomic mass is 9.93. The van der Waals surface area contributed by atoms with Crippen molar-refractivity contribution >= 4 is 27.5 Å². The number of nitrogens with one attached hydrogen (secondary N) is 1. The second-order valence-electron chi connectivity index (χ2n) is 6.72. The van der Waals surface area contributed by atoms with Crippen molar-refractivity contribution in [2.24, 2.45) is 5.92 Å². The van der Waals surface area contributed by atoms with Crippen molar-refractivity contribution in [2.45, 2.75) is 32.2 Å². The van der Waals surface area contributed by atoms with E-state index in [2.05, 4.69) is 20.3 Å². The zero-order valence-electron chi connectivity index (χ0n) is 15.2. The molecule has 1 aromatic carbocycles. The Hall–Kier alpha value is -2.47. The number of anilines is 2. The van der Waals surface area contributed by atoms with Crippen LogP contribution < -0.4 is 15.8 Å². The fourth-order valence-electron chi connectivity index (χ4n) is 3.19. The van der Waals surface area contributed by atoms with Gasteiger partial charge in [0.25, 0.3) is 0 Å². The summed E-state index contributed by atoms with van der Waals surface area (Å²) in [6, 6.07) is 3.14. The molecule has 2 aromatic rings. The zero-order valence-corrected chi connectivity index (χ0v) is 16.0. The first-order valence-corrected chi connectivity index (χ1v) is 9.65. The number of nitrogens with zero attached hydrogens (tertiary/aromatic N) is 3. The molecule has 0 aliphatic carbocycles. The minimum Gasteiger partial charge on any atom is -0.405 e. The van der Waals surface area contributed by atoms with Crippen LogP contribution in [0.15, 0.2) is 18.2 Å². The SMILES string of the molecule is Nc1nnc(NC(=O)CC2CCN(Cc3ccc(F)cc3OC(F)(F)F)CC2)s1. The summed E-state index contributed by atoms with van der Waals surface area (Å²) in [7, 11) is 0. The molecule has 158 valence electrons. The maximum Gasteiger partial charge on any atom is 0.573 e. The van der Waals surface area contributed by atoms with E-state index in [-0.39, 0.29) is 29.1 Å². The maximum atomic E-state index is 13.3. The van der Waals surface area contributed by atoms with Crippen molar-refractivity contribution in [1.82, 2.24) is 15.1 Å². The van der Waals surface area contributed by atoms with E-state index in [9.17, 15) is 22.4 Å². The van der Waals surface area contributed by atoms with Gasteiger partial charge in [-0.2, -0.15) is 0 Å². The normalized spacial score (nSPS) is 16.0. The third-order valence-corrected chi connectivity index (χ3v) is 5.18. The standard InChI is InChI=1S/C17H19F4N5O2S/c18-12-2-1-11(13(8-12)28-17(19,20)21)9-26-5-3-10(4-6-26)7-14(27)23-16-25-24-15(22)29-16/h1-2,8,10H,3-7,9H2,(H2,22,24)(H,23,25,27). The fourth-order valence-corrected chi connectivity index (χ4v) is 3.71. The Bertz CT molecular complexity index is 853. The van der Waals surface area contributed by atoms with Crippen molar-refractivity contribution in [2.75, 3.05) is 24.1 Å².